The molecule has 92 valence electrons. The maximum Gasteiger partial charge on any atom is 0.328 e. The predicted molar refractivity (Wildman–Crippen MR) is 52.9 cm³/mol. The summed E-state index contributed by atoms with van der Waals surface area (Å²) < 4.78 is 4.90. The maximum absolute atomic E-state index is 9.83. The number of rotatable bonds is 6. The van der Waals surface area contributed by atoms with Crippen molar-refractivity contribution >= 4 is 6.03 Å². The Morgan fingerprint density at radius 2 is 1.60 bits per heavy atom. The fourth-order valence-corrected chi connectivity index (χ4v) is 0.388. The zero-order chi connectivity index (χ0) is 11.9. The molecule has 0 aromatic carbocycles. The second kappa shape index (κ2) is 15.5. The summed E-state index contributed by atoms with van der Waals surface area (Å²) in [6, 6.07) is -0.380. The van der Waals surface area contributed by atoms with E-state index in [0.29, 0.717) is 26.4 Å². The van der Waals surface area contributed by atoms with E-state index < -0.39 is 0 Å². The molecule has 0 unspecified atom stereocenters. The topological polar surface area (TPSA) is 147 Å². The summed E-state index contributed by atoms with van der Waals surface area (Å²) in [5.74, 6) is 14.0. The van der Waals surface area contributed by atoms with Gasteiger partial charge >= 0.3 is 6.03 Å². The molecule has 0 aromatic rings. The van der Waals surface area contributed by atoms with Gasteiger partial charge in [-0.15, -0.1) is 0 Å². The summed E-state index contributed by atoms with van der Waals surface area (Å²) in [6.45, 7) is 1.73. The van der Waals surface area contributed by atoms with E-state index in [4.69, 9.17) is 16.5 Å². The number of hydrogen-bond acceptors (Lipinski definition) is 7. The zero-order valence-corrected chi connectivity index (χ0v) is 8.69. The van der Waals surface area contributed by atoms with Gasteiger partial charge in [-0.3, -0.25) is 5.43 Å². The Balaban J connectivity index is 0. The highest BCUT2D eigenvalue weighted by Crippen LogP contribution is 1.73. The van der Waals surface area contributed by atoms with Crippen LogP contribution in [0.2, 0.25) is 0 Å². The summed E-state index contributed by atoms with van der Waals surface area (Å²) in [6.07, 6.45) is 0. The molecule has 0 heterocycles. The van der Waals surface area contributed by atoms with Crippen molar-refractivity contribution < 1.29 is 19.2 Å². The minimum atomic E-state index is -0.380. The molecule has 9 nitrogen and oxygen atoms in total. The number of carbonyl (C=O) groups is 1. The van der Waals surface area contributed by atoms with E-state index in [1.54, 1.807) is 0 Å². The lowest BCUT2D eigenvalue weighted by molar-refractivity contribution is 0.0140. The molecule has 15 heavy (non-hydrogen) atoms. The van der Waals surface area contributed by atoms with Crippen LogP contribution in [0.1, 0.15) is 0 Å². The van der Waals surface area contributed by atoms with Crippen LogP contribution < -0.4 is 28.4 Å². The van der Waals surface area contributed by atoms with Gasteiger partial charge < -0.3 is 19.7 Å². The third-order valence-electron chi connectivity index (χ3n) is 1.05. The molecule has 0 aliphatic carbocycles. The molecule has 0 bridgehead atoms. The first kappa shape index (κ1) is 16.5. The fraction of sp³-hybridized carbons (Fsp3) is 0.833. The Morgan fingerprint density at radius 3 is 1.80 bits per heavy atom. The van der Waals surface area contributed by atoms with Gasteiger partial charge in [-0.25, -0.2) is 22.4 Å². The average molecular weight is 225 g/mol. The van der Waals surface area contributed by atoms with Gasteiger partial charge in [0.25, 0.3) is 0 Å². The van der Waals surface area contributed by atoms with Crippen molar-refractivity contribution in [1.82, 2.24) is 10.7 Å². The van der Waals surface area contributed by atoms with Gasteiger partial charge in [0, 0.05) is 7.05 Å². The zero-order valence-electron chi connectivity index (χ0n) is 8.69. The van der Waals surface area contributed by atoms with Crippen LogP contribution in [0, 0.1) is 0 Å². The summed E-state index contributed by atoms with van der Waals surface area (Å²) in [5, 5.41) is 2.24. The lowest BCUT2D eigenvalue weighted by Gasteiger charge is -1.99. The van der Waals surface area contributed by atoms with Crippen molar-refractivity contribution in [3.05, 3.63) is 0 Å². The van der Waals surface area contributed by atoms with Gasteiger partial charge in [0.2, 0.25) is 0 Å². The van der Waals surface area contributed by atoms with Crippen molar-refractivity contribution in [2.45, 2.75) is 0 Å². The van der Waals surface area contributed by atoms with E-state index in [1.165, 1.54) is 7.05 Å². The van der Waals surface area contributed by atoms with Gasteiger partial charge in [0.1, 0.15) is 0 Å². The molecular formula is C6H19N5O4. The molecule has 0 atom stereocenters. The quantitative estimate of drug-likeness (QED) is 0.146. The van der Waals surface area contributed by atoms with E-state index in [0.717, 1.165) is 0 Å². The SMILES string of the molecule is CNC(=O)NN.NOCCOCCON. The first-order valence-electron chi connectivity index (χ1n) is 4.12. The molecule has 0 radical (unpaired) electrons. The minimum Gasteiger partial charge on any atom is -0.377 e. The third kappa shape index (κ3) is 19.4. The van der Waals surface area contributed by atoms with Crippen LogP contribution in [0.5, 0.6) is 0 Å². The van der Waals surface area contributed by atoms with Crippen LogP contribution in [0.15, 0.2) is 0 Å². The number of nitrogens with two attached hydrogens (primary N) is 3. The first-order valence-corrected chi connectivity index (χ1v) is 4.12. The first-order chi connectivity index (χ1) is 7.22. The van der Waals surface area contributed by atoms with Crippen molar-refractivity contribution in [1.29, 1.82) is 0 Å². The van der Waals surface area contributed by atoms with Crippen LogP contribution in [-0.4, -0.2) is 39.5 Å². The Hall–Kier alpha value is -0.970. The lowest BCUT2D eigenvalue weighted by atomic mass is 10.7. The molecule has 0 aromatic heterocycles. The molecule has 0 spiro atoms. The number of carbonyl (C=O) groups excluding carboxylic acids is 1. The van der Waals surface area contributed by atoms with Crippen molar-refractivity contribution in [3.63, 3.8) is 0 Å². The monoisotopic (exact) mass is 225 g/mol. The molecule has 0 aliphatic heterocycles. The molecule has 0 fully saturated rings. The van der Waals surface area contributed by atoms with Crippen LogP contribution in [0.3, 0.4) is 0 Å². The Kier molecular flexibility index (Phi) is 17.0. The predicted octanol–water partition coefficient (Wildman–Crippen LogP) is -2.43. The summed E-state index contributed by atoms with van der Waals surface area (Å²) >= 11 is 0. The summed E-state index contributed by atoms with van der Waals surface area (Å²) in [4.78, 5) is 18.3. The average Bonchev–Trinajstić information content (AvgIpc) is 2.29. The second-order valence-corrected chi connectivity index (χ2v) is 2.08. The Labute approximate surface area is 88.1 Å². The normalized spacial score (nSPS) is 8.80. The van der Waals surface area contributed by atoms with E-state index in [-0.39, 0.29) is 6.03 Å². The molecule has 8 N–H and O–H groups in total. The molecular weight excluding hydrogens is 206 g/mol. The number of ether oxygens (including phenoxy) is 1. The second-order valence-electron chi connectivity index (χ2n) is 2.08. The molecule has 0 saturated heterocycles. The van der Waals surface area contributed by atoms with E-state index >= 15 is 0 Å². The summed E-state index contributed by atoms with van der Waals surface area (Å²) in [7, 11) is 1.49. The number of nitrogens with one attached hydrogen (secondary N) is 2. The molecule has 0 saturated carbocycles. The smallest absolute Gasteiger partial charge is 0.328 e. The number of urea groups is 1. The molecule has 2 amide bonds. The number of amides is 2. The molecule has 0 rings (SSSR count). The van der Waals surface area contributed by atoms with Gasteiger partial charge in [0.15, 0.2) is 0 Å². The van der Waals surface area contributed by atoms with Crippen LogP contribution >= 0.6 is 0 Å². The molecule has 9 heteroatoms. The van der Waals surface area contributed by atoms with Gasteiger partial charge in [-0.05, 0) is 0 Å². The number of hydrazine groups is 1. The maximum atomic E-state index is 9.83. The van der Waals surface area contributed by atoms with Crippen LogP contribution in [0.4, 0.5) is 4.79 Å². The Bertz CT molecular complexity index is 125. The Morgan fingerprint density at radius 1 is 1.13 bits per heavy atom. The van der Waals surface area contributed by atoms with E-state index in [2.05, 4.69) is 20.8 Å². The largest absolute Gasteiger partial charge is 0.377 e. The van der Waals surface area contributed by atoms with E-state index in [9.17, 15) is 4.79 Å². The van der Waals surface area contributed by atoms with Crippen LogP contribution in [0.25, 0.3) is 0 Å². The lowest BCUT2D eigenvalue weighted by Crippen LogP contribution is -2.37. The van der Waals surface area contributed by atoms with E-state index in [1.807, 2.05) is 5.43 Å². The standard InChI is InChI=1S/C4H12N2O3.C2H7N3O/c5-8-3-1-7-2-4-9-6;1-4-2(6)5-3/h1-6H2;3H2,1H3,(H2,4,5,6). The van der Waals surface area contributed by atoms with Crippen molar-refractivity contribution in [3.8, 4) is 0 Å². The highest BCUT2D eigenvalue weighted by molar-refractivity contribution is 5.72. The number of hydrogen-bond donors (Lipinski definition) is 5. The van der Waals surface area contributed by atoms with Crippen molar-refractivity contribution in [2.75, 3.05) is 33.5 Å². The van der Waals surface area contributed by atoms with Gasteiger partial charge in [-0.1, -0.05) is 0 Å². The van der Waals surface area contributed by atoms with Crippen molar-refractivity contribution in [2.24, 2.45) is 17.6 Å². The third-order valence-corrected chi connectivity index (χ3v) is 1.05. The highest BCUT2D eigenvalue weighted by atomic mass is 16.6. The highest BCUT2D eigenvalue weighted by Gasteiger charge is 1.85. The summed E-state index contributed by atoms with van der Waals surface area (Å²) in [5.41, 5.74) is 1.86. The van der Waals surface area contributed by atoms with Gasteiger partial charge in [-0.2, -0.15) is 0 Å². The van der Waals surface area contributed by atoms with Crippen LogP contribution in [-0.2, 0) is 14.4 Å². The van der Waals surface area contributed by atoms with Gasteiger partial charge in [0.05, 0.1) is 26.4 Å². The molecule has 0 aliphatic rings. The minimum absolute atomic E-state index is 0.380. The fourth-order valence-electron chi connectivity index (χ4n) is 0.388.